The van der Waals surface area contributed by atoms with E-state index in [1.807, 2.05) is 6.92 Å². The maximum absolute atomic E-state index is 13.4. The Morgan fingerprint density at radius 1 is 1.39 bits per heavy atom. The van der Waals surface area contributed by atoms with E-state index < -0.39 is 15.8 Å². The Hall–Kier alpha value is -1.43. The van der Waals surface area contributed by atoms with Crippen molar-refractivity contribution in [3.8, 4) is 0 Å². The number of nitrogens with one attached hydrogen (secondary N) is 1. The SMILES string of the molecule is CCCCS(=O)(=O)Nc1cc(C(C)=O)ccc1F. The van der Waals surface area contributed by atoms with Crippen LogP contribution in [0.5, 0.6) is 0 Å². The van der Waals surface area contributed by atoms with Crippen molar-refractivity contribution in [2.75, 3.05) is 10.5 Å². The zero-order chi connectivity index (χ0) is 13.8. The average Bonchev–Trinajstić information content (AvgIpc) is 2.29. The van der Waals surface area contributed by atoms with Crippen LogP contribution in [0.1, 0.15) is 37.0 Å². The second-order valence-corrected chi connectivity index (χ2v) is 5.87. The van der Waals surface area contributed by atoms with Gasteiger partial charge in [0.15, 0.2) is 5.78 Å². The average molecular weight is 273 g/mol. The van der Waals surface area contributed by atoms with Gasteiger partial charge in [-0.3, -0.25) is 9.52 Å². The minimum atomic E-state index is -3.56. The molecule has 1 aromatic carbocycles. The van der Waals surface area contributed by atoms with Crippen molar-refractivity contribution in [1.29, 1.82) is 0 Å². The lowest BCUT2D eigenvalue weighted by molar-refractivity contribution is 0.101. The van der Waals surface area contributed by atoms with Crippen molar-refractivity contribution in [2.24, 2.45) is 0 Å². The number of anilines is 1. The zero-order valence-electron chi connectivity index (χ0n) is 10.4. The molecule has 0 saturated carbocycles. The highest BCUT2D eigenvalue weighted by atomic mass is 32.2. The maximum Gasteiger partial charge on any atom is 0.232 e. The van der Waals surface area contributed by atoms with Crippen LogP contribution in [-0.4, -0.2) is 20.0 Å². The lowest BCUT2D eigenvalue weighted by Crippen LogP contribution is -2.17. The van der Waals surface area contributed by atoms with Crippen LogP contribution < -0.4 is 4.72 Å². The molecule has 1 rings (SSSR count). The van der Waals surface area contributed by atoms with Gasteiger partial charge in [0.2, 0.25) is 10.0 Å². The number of ketones is 1. The molecule has 0 bridgehead atoms. The molecule has 6 heteroatoms. The fourth-order valence-electron chi connectivity index (χ4n) is 1.38. The van der Waals surface area contributed by atoms with Crippen molar-refractivity contribution in [3.05, 3.63) is 29.6 Å². The molecule has 0 atom stereocenters. The fraction of sp³-hybridized carbons (Fsp3) is 0.417. The molecule has 0 aliphatic heterocycles. The number of carbonyl (C=O) groups excluding carboxylic acids is 1. The lowest BCUT2D eigenvalue weighted by atomic mass is 10.1. The first-order valence-corrected chi connectivity index (χ1v) is 7.32. The predicted molar refractivity (Wildman–Crippen MR) is 68.7 cm³/mol. The molecule has 0 amide bonds. The van der Waals surface area contributed by atoms with E-state index in [1.165, 1.54) is 19.1 Å². The molecule has 18 heavy (non-hydrogen) atoms. The third-order valence-corrected chi connectivity index (χ3v) is 3.76. The molecule has 0 aliphatic carbocycles. The third kappa shape index (κ3) is 4.10. The molecule has 4 nitrogen and oxygen atoms in total. The molecule has 100 valence electrons. The van der Waals surface area contributed by atoms with Gasteiger partial charge in [-0.05, 0) is 31.5 Å². The van der Waals surface area contributed by atoms with E-state index in [0.29, 0.717) is 6.42 Å². The topological polar surface area (TPSA) is 63.2 Å². The summed E-state index contributed by atoms with van der Waals surface area (Å²) in [5, 5.41) is 0. The van der Waals surface area contributed by atoms with E-state index in [2.05, 4.69) is 4.72 Å². The summed E-state index contributed by atoms with van der Waals surface area (Å²) in [6.07, 6.45) is 1.24. The van der Waals surface area contributed by atoms with Crippen LogP contribution in [0.2, 0.25) is 0 Å². The first-order chi connectivity index (χ1) is 8.35. The number of carbonyl (C=O) groups is 1. The second-order valence-electron chi connectivity index (χ2n) is 4.03. The molecule has 0 unspecified atom stereocenters. The van der Waals surface area contributed by atoms with E-state index in [-0.39, 0.29) is 22.8 Å². The Labute approximate surface area is 106 Å². The summed E-state index contributed by atoms with van der Waals surface area (Å²) in [4.78, 5) is 11.1. The van der Waals surface area contributed by atoms with Gasteiger partial charge in [0, 0.05) is 5.56 Å². The number of Topliss-reactive ketones (excluding diaryl/α,β-unsaturated/α-hetero) is 1. The quantitative estimate of drug-likeness (QED) is 0.810. The number of unbranched alkanes of at least 4 members (excludes halogenated alkanes) is 1. The number of benzene rings is 1. The summed E-state index contributed by atoms with van der Waals surface area (Å²) >= 11 is 0. The van der Waals surface area contributed by atoms with Gasteiger partial charge in [-0.2, -0.15) is 0 Å². The lowest BCUT2D eigenvalue weighted by Gasteiger charge is -2.09. The fourth-order valence-corrected chi connectivity index (χ4v) is 2.64. The highest BCUT2D eigenvalue weighted by Crippen LogP contribution is 2.18. The van der Waals surface area contributed by atoms with Gasteiger partial charge in [0.25, 0.3) is 0 Å². The first kappa shape index (κ1) is 14.6. The van der Waals surface area contributed by atoms with Gasteiger partial charge in [0.1, 0.15) is 5.82 Å². The molecule has 1 aromatic rings. The van der Waals surface area contributed by atoms with E-state index in [1.54, 1.807) is 0 Å². The Morgan fingerprint density at radius 2 is 2.06 bits per heavy atom. The standard InChI is InChI=1S/C12H16FNO3S/c1-3-4-7-18(16,17)14-12-8-10(9(2)15)5-6-11(12)13/h5-6,8,14H,3-4,7H2,1-2H3. The molecule has 0 aromatic heterocycles. The van der Waals surface area contributed by atoms with Crippen LogP contribution in [0.15, 0.2) is 18.2 Å². The summed E-state index contributed by atoms with van der Waals surface area (Å²) in [6, 6.07) is 3.61. The van der Waals surface area contributed by atoms with Crippen molar-refractivity contribution < 1.29 is 17.6 Å². The molecule has 1 N–H and O–H groups in total. The molecular weight excluding hydrogens is 257 g/mol. The monoisotopic (exact) mass is 273 g/mol. The van der Waals surface area contributed by atoms with Crippen molar-refractivity contribution in [1.82, 2.24) is 0 Å². The summed E-state index contributed by atoms with van der Waals surface area (Å²) in [7, 11) is -3.56. The van der Waals surface area contributed by atoms with Crippen molar-refractivity contribution in [2.45, 2.75) is 26.7 Å². The first-order valence-electron chi connectivity index (χ1n) is 5.66. The van der Waals surface area contributed by atoms with Crippen LogP contribution in [0, 0.1) is 5.82 Å². The molecular formula is C12H16FNO3S. The minimum absolute atomic E-state index is 0.0623. The number of hydrogen-bond acceptors (Lipinski definition) is 3. The summed E-state index contributed by atoms with van der Waals surface area (Å²) in [5.41, 5.74) is 0.0865. The van der Waals surface area contributed by atoms with E-state index in [4.69, 9.17) is 0 Å². The molecule has 0 radical (unpaired) electrons. The normalized spacial score (nSPS) is 11.3. The Balaban J connectivity index is 2.96. The van der Waals surface area contributed by atoms with Gasteiger partial charge in [0.05, 0.1) is 11.4 Å². The number of hydrogen-bond donors (Lipinski definition) is 1. The van der Waals surface area contributed by atoms with Gasteiger partial charge in [-0.15, -0.1) is 0 Å². The van der Waals surface area contributed by atoms with Gasteiger partial charge in [-0.25, -0.2) is 12.8 Å². The van der Waals surface area contributed by atoms with E-state index in [9.17, 15) is 17.6 Å². The summed E-state index contributed by atoms with van der Waals surface area (Å²) in [5.74, 6) is -1.00. The Bertz CT molecular complexity index is 540. The highest BCUT2D eigenvalue weighted by Gasteiger charge is 2.14. The molecule has 0 saturated heterocycles. The Morgan fingerprint density at radius 3 is 2.61 bits per heavy atom. The zero-order valence-corrected chi connectivity index (χ0v) is 11.2. The van der Waals surface area contributed by atoms with Crippen LogP contribution in [-0.2, 0) is 10.0 Å². The molecule has 0 heterocycles. The van der Waals surface area contributed by atoms with Gasteiger partial charge in [-0.1, -0.05) is 13.3 Å². The highest BCUT2D eigenvalue weighted by molar-refractivity contribution is 7.92. The predicted octanol–water partition coefficient (Wildman–Crippen LogP) is 2.57. The Kier molecular flexibility index (Phi) is 4.84. The van der Waals surface area contributed by atoms with Crippen molar-refractivity contribution >= 4 is 21.5 Å². The third-order valence-electron chi connectivity index (χ3n) is 2.40. The van der Waals surface area contributed by atoms with E-state index in [0.717, 1.165) is 12.5 Å². The van der Waals surface area contributed by atoms with Crippen LogP contribution in [0.4, 0.5) is 10.1 Å². The van der Waals surface area contributed by atoms with Crippen LogP contribution in [0.25, 0.3) is 0 Å². The van der Waals surface area contributed by atoms with Gasteiger partial charge >= 0.3 is 0 Å². The number of halogens is 1. The smallest absolute Gasteiger partial charge is 0.232 e. The summed E-state index contributed by atoms with van der Waals surface area (Å²) < 4.78 is 38.9. The minimum Gasteiger partial charge on any atom is -0.295 e. The van der Waals surface area contributed by atoms with Crippen molar-refractivity contribution in [3.63, 3.8) is 0 Å². The van der Waals surface area contributed by atoms with E-state index >= 15 is 0 Å². The van der Waals surface area contributed by atoms with Gasteiger partial charge < -0.3 is 0 Å². The maximum atomic E-state index is 13.4. The second kappa shape index (κ2) is 5.95. The molecule has 0 spiro atoms. The number of sulfonamides is 1. The van der Waals surface area contributed by atoms with Crippen LogP contribution in [0.3, 0.4) is 0 Å². The molecule has 0 aliphatic rings. The number of rotatable bonds is 6. The molecule has 0 fully saturated rings. The summed E-state index contributed by atoms with van der Waals surface area (Å²) in [6.45, 7) is 3.20. The van der Waals surface area contributed by atoms with Crippen LogP contribution >= 0.6 is 0 Å². The largest absolute Gasteiger partial charge is 0.295 e.